The van der Waals surface area contributed by atoms with Gasteiger partial charge >= 0.3 is 6.09 Å². The van der Waals surface area contributed by atoms with Crippen LogP contribution in [0.5, 0.6) is 0 Å². The van der Waals surface area contributed by atoms with Crippen LogP contribution in [-0.4, -0.2) is 67.1 Å². The predicted molar refractivity (Wildman–Crippen MR) is 65.9 cm³/mol. The van der Waals surface area contributed by atoms with Gasteiger partial charge in [0.1, 0.15) is 18.3 Å². The van der Waals surface area contributed by atoms with Crippen LogP contribution < -0.4 is 5.32 Å². The third-order valence-corrected chi connectivity index (χ3v) is 3.28. The number of nitrogens with one attached hydrogen (secondary N) is 1. The lowest BCUT2D eigenvalue weighted by Crippen LogP contribution is -2.37. The first-order valence-corrected chi connectivity index (χ1v) is 6.71. The molecule has 2 fully saturated rings. The number of hydrogen-bond acceptors (Lipinski definition) is 8. The van der Waals surface area contributed by atoms with E-state index in [0.717, 1.165) is 0 Å². The van der Waals surface area contributed by atoms with Crippen molar-refractivity contribution in [3.8, 4) is 0 Å². The number of unbranched alkanes of at least 4 members (excludes halogenated alkanes) is 1. The highest BCUT2D eigenvalue weighted by Crippen LogP contribution is 2.28. The van der Waals surface area contributed by atoms with Crippen molar-refractivity contribution in [2.75, 3.05) is 26.4 Å². The van der Waals surface area contributed by atoms with Gasteiger partial charge in [0.15, 0.2) is 6.10 Å². The fourth-order valence-corrected chi connectivity index (χ4v) is 2.28. The smallest absolute Gasteiger partial charge is 0.407 e. The number of ether oxygens (including phenoxy) is 3. The Kier molecular flexibility index (Phi) is 5.53. The summed E-state index contributed by atoms with van der Waals surface area (Å²) in [6.07, 6.45) is -1.72. The molecule has 10 heteroatoms. The van der Waals surface area contributed by atoms with Gasteiger partial charge in [-0.3, -0.25) is 0 Å². The molecule has 1 amide bonds. The van der Waals surface area contributed by atoms with Gasteiger partial charge in [-0.15, -0.1) is 10.1 Å². The molecule has 2 N–H and O–H groups in total. The van der Waals surface area contributed by atoms with Crippen LogP contribution in [0.3, 0.4) is 0 Å². The fourth-order valence-electron chi connectivity index (χ4n) is 2.28. The first-order valence-electron chi connectivity index (χ1n) is 6.71. The minimum Gasteiger partial charge on any atom is -0.441 e. The maximum atomic E-state index is 11.6. The monoisotopic (exact) mass is 306 g/mol. The number of carbonyl (C=O) groups is 1. The summed E-state index contributed by atoms with van der Waals surface area (Å²) in [5.41, 5.74) is 0. The summed E-state index contributed by atoms with van der Waals surface area (Å²) in [6, 6.07) is 0. The zero-order valence-corrected chi connectivity index (χ0v) is 11.3. The van der Waals surface area contributed by atoms with Gasteiger partial charge in [-0.2, -0.15) is 0 Å². The largest absolute Gasteiger partial charge is 0.441 e. The molecule has 0 bridgehead atoms. The number of alkyl carbamates (subject to hydrolysis) is 1. The first kappa shape index (κ1) is 15.7. The van der Waals surface area contributed by atoms with Crippen molar-refractivity contribution in [3.05, 3.63) is 10.1 Å². The Hall–Kier alpha value is -1.65. The number of hydrogen-bond donors (Lipinski definition) is 2. The van der Waals surface area contributed by atoms with E-state index < -0.39 is 35.6 Å². The van der Waals surface area contributed by atoms with E-state index in [9.17, 15) is 20.0 Å². The van der Waals surface area contributed by atoms with Crippen molar-refractivity contribution >= 4 is 6.09 Å². The molecule has 0 aromatic heterocycles. The number of carbonyl (C=O) groups excluding carboxylic acids is 1. The average Bonchev–Trinajstić information content (AvgIpc) is 2.98. The molecule has 0 aliphatic carbocycles. The Morgan fingerprint density at radius 3 is 2.86 bits per heavy atom. The summed E-state index contributed by atoms with van der Waals surface area (Å²) in [5, 5.41) is 21.1. The molecule has 0 aromatic carbocycles. The Bertz CT molecular complexity index is 379. The second-order valence-corrected chi connectivity index (χ2v) is 4.80. The number of rotatable bonds is 7. The Labute approximate surface area is 120 Å². The van der Waals surface area contributed by atoms with Gasteiger partial charge in [-0.05, 0) is 12.8 Å². The van der Waals surface area contributed by atoms with Gasteiger partial charge in [0, 0.05) is 6.54 Å². The van der Waals surface area contributed by atoms with E-state index in [1.807, 2.05) is 0 Å². The molecule has 2 heterocycles. The molecule has 2 rings (SSSR count). The highest BCUT2D eigenvalue weighted by Gasteiger charge is 2.48. The molecular formula is C11H18N2O8. The van der Waals surface area contributed by atoms with Gasteiger partial charge < -0.3 is 29.5 Å². The summed E-state index contributed by atoms with van der Waals surface area (Å²) in [6.45, 7) is 0.685. The molecule has 120 valence electrons. The van der Waals surface area contributed by atoms with Crippen LogP contribution in [-0.2, 0) is 19.0 Å². The molecule has 2 saturated heterocycles. The molecule has 0 spiro atoms. The molecule has 0 radical (unpaired) electrons. The predicted octanol–water partition coefficient (Wildman–Crippen LogP) is -0.772. The van der Waals surface area contributed by atoms with Crippen LogP contribution >= 0.6 is 0 Å². The van der Waals surface area contributed by atoms with Crippen molar-refractivity contribution in [2.24, 2.45) is 0 Å². The highest BCUT2D eigenvalue weighted by molar-refractivity contribution is 5.67. The molecule has 0 saturated carbocycles. The molecule has 0 aromatic rings. The lowest BCUT2D eigenvalue weighted by atomic mass is 10.1. The van der Waals surface area contributed by atoms with E-state index in [1.54, 1.807) is 0 Å². The van der Waals surface area contributed by atoms with Crippen LogP contribution in [0.15, 0.2) is 0 Å². The van der Waals surface area contributed by atoms with E-state index in [2.05, 4.69) is 10.2 Å². The molecule has 2 aliphatic heterocycles. The van der Waals surface area contributed by atoms with Gasteiger partial charge in [0.05, 0.1) is 19.8 Å². The van der Waals surface area contributed by atoms with Crippen molar-refractivity contribution in [3.63, 3.8) is 0 Å². The standard InChI is InChI=1S/C11H18N2O8/c14-7-5-18-10-8(6-19-9(7)10)21-11(15)12-3-1-2-4-20-13(16)17/h7-10,14H,1-6H2,(H,12,15)/t7?,8?,9-,10-/m1/s1. The number of aliphatic hydroxyl groups is 1. The molecular weight excluding hydrogens is 288 g/mol. The van der Waals surface area contributed by atoms with Gasteiger partial charge in [0.25, 0.3) is 5.09 Å². The zero-order valence-electron chi connectivity index (χ0n) is 11.3. The molecule has 10 nitrogen and oxygen atoms in total. The van der Waals surface area contributed by atoms with Crippen LogP contribution in [0, 0.1) is 10.1 Å². The van der Waals surface area contributed by atoms with Crippen molar-refractivity contribution in [1.29, 1.82) is 0 Å². The lowest BCUT2D eigenvalue weighted by Gasteiger charge is -2.16. The van der Waals surface area contributed by atoms with Crippen LogP contribution in [0.1, 0.15) is 12.8 Å². The molecule has 2 aliphatic rings. The second-order valence-electron chi connectivity index (χ2n) is 4.80. The minimum absolute atomic E-state index is 0.00429. The Morgan fingerprint density at radius 1 is 1.33 bits per heavy atom. The third kappa shape index (κ3) is 4.41. The number of fused-ring (bicyclic) bond motifs is 1. The van der Waals surface area contributed by atoms with E-state index in [0.29, 0.717) is 19.4 Å². The number of aliphatic hydroxyl groups excluding tert-OH is 1. The van der Waals surface area contributed by atoms with Crippen LogP contribution in [0.25, 0.3) is 0 Å². The van der Waals surface area contributed by atoms with E-state index in [4.69, 9.17) is 14.2 Å². The van der Waals surface area contributed by atoms with Crippen molar-refractivity contribution in [2.45, 2.75) is 37.3 Å². The Morgan fingerprint density at radius 2 is 2.10 bits per heavy atom. The maximum absolute atomic E-state index is 11.6. The van der Waals surface area contributed by atoms with Crippen molar-refractivity contribution in [1.82, 2.24) is 5.32 Å². The summed E-state index contributed by atoms with van der Waals surface area (Å²) in [7, 11) is 0. The summed E-state index contributed by atoms with van der Waals surface area (Å²) < 4.78 is 15.8. The normalized spacial score (nSPS) is 30.7. The molecule has 4 atom stereocenters. The number of nitrogens with zero attached hydrogens (tertiary/aromatic N) is 1. The highest BCUT2D eigenvalue weighted by atomic mass is 16.9. The third-order valence-electron chi connectivity index (χ3n) is 3.28. The lowest BCUT2D eigenvalue weighted by molar-refractivity contribution is -0.757. The van der Waals surface area contributed by atoms with Crippen LogP contribution in [0.2, 0.25) is 0 Å². The van der Waals surface area contributed by atoms with Crippen LogP contribution in [0.4, 0.5) is 4.79 Å². The van der Waals surface area contributed by atoms with E-state index in [1.165, 1.54) is 0 Å². The van der Waals surface area contributed by atoms with E-state index >= 15 is 0 Å². The number of amides is 1. The second kappa shape index (κ2) is 7.38. The minimum atomic E-state index is -0.853. The molecule has 21 heavy (non-hydrogen) atoms. The zero-order chi connectivity index (χ0) is 15.2. The first-order chi connectivity index (χ1) is 10.1. The maximum Gasteiger partial charge on any atom is 0.407 e. The summed E-state index contributed by atoms with van der Waals surface area (Å²) in [5.74, 6) is 0. The quantitative estimate of drug-likeness (QED) is 0.356. The summed E-state index contributed by atoms with van der Waals surface area (Å²) >= 11 is 0. The SMILES string of the molecule is O=C(NCCCCO[N+](=O)[O-])OC1CO[C@@H]2C(O)CO[C@H]12. The van der Waals surface area contributed by atoms with Gasteiger partial charge in [0.2, 0.25) is 0 Å². The topological polar surface area (TPSA) is 129 Å². The van der Waals surface area contributed by atoms with Gasteiger partial charge in [-0.25, -0.2) is 4.79 Å². The van der Waals surface area contributed by atoms with Crippen molar-refractivity contribution < 1.29 is 34.0 Å². The Balaban J connectivity index is 1.57. The van der Waals surface area contributed by atoms with Gasteiger partial charge in [-0.1, -0.05) is 0 Å². The average molecular weight is 306 g/mol. The molecule has 2 unspecified atom stereocenters. The van der Waals surface area contributed by atoms with E-state index in [-0.39, 0.29) is 19.8 Å². The summed E-state index contributed by atoms with van der Waals surface area (Å²) in [4.78, 5) is 25.6. The fraction of sp³-hybridized carbons (Fsp3) is 0.909.